The SMILES string of the molecule is CCOc1ccn([C@@H]2O[C@H](CC)[C@H](C)C2(C)O)c(=O)n1. The quantitative estimate of drug-likeness (QED) is 0.902. The molecule has 1 unspecified atom stereocenters. The first-order valence-corrected chi connectivity index (χ1v) is 7.01. The Morgan fingerprint density at radius 2 is 2.25 bits per heavy atom. The minimum Gasteiger partial charge on any atom is -0.478 e. The third-order valence-corrected chi connectivity index (χ3v) is 4.03. The van der Waals surface area contributed by atoms with Gasteiger partial charge in [-0.05, 0) is 20.3 Å². The summed E-state index contributed by atoms with van der Waals surface area (Å²) in [5, 5.41) is 10.6. The minimum absolute atomic E-state index is 0.0593. The molecule has 1 aliphatic rings. The Bertz CT molecular complexity index is 526. The van der Waals surface area contributed by atoms with Crippen LogP contribution in [0.25, 0.3) is 0 Å². The Morgan fingerprint density at radius 3 is 2.75 bits per heavy atom. The van der Waals surface area contributed by atoms with Gasteiger partial charge in [0.15, 0.2) is 6.23 Å². The van der Waals surface area contributed by atoms with Crippen LogP contribution in [0.3, 0.4) is 0 Å². The summed E-state index contributed by atoms with van der Waals surface area (Å²) in [5.74, 6) is 0.224. The highest BCUT2D eigenvalue weighted by molar-refractivity contribution is 5.07. The fraction of sp³-hybridized carbons (Fsp3) is 0.714. The maximum atomic E-state index is 12.1. The van der Waals surface area contributed by atoms with Gasteiger partial charge < -0.3 is 14.6 Å². The standard InChI is InChI=1S/C14H22N2O4/c1-5-10-9(3)14(4,18)12(20-10)16-8-7-11(19-6-2)15-13(16)17/h7-10,12,18H,5-6H2,1-4H3/t9-,10+,12+,14?/m0/s1. The van der Waals surface area contributed by atoms with E-state index in [0.717, 1.165) is 6.42 Å². The lowest BCUT2D eigenvalue weighted by Crippen LogP contribution is -2.41. The molecule has 2 heterocycles. The summed E-state index contributed by atoms with van der Waals surface area (Å²) in [5.41, 5.74) is -1.59. The van der Waals surface area contributed by atoms with E-state index in [1.165, 1.54) is 4.57 Å². The van der Waals surface area contributed by atoms with E-state index in [1.54, 1.807) is 19.2 Å². The van der Waals surface area contributed by atoms with Crippen molar-refractivity contribution in [2.45, 2.75) is 52.0 Å². The topological polar surface area (TPSA) is 73.6 Å². The smallest absolute Gasteiger partial charge is 0.353 e. The molecule has 0 aliphatic carbocycles. The Hall–Kier alpha value is -1.40. The van der Waals surface area contributed by atoms with E-state index < -0.39 is 17.5 Å². The number of hydrogen-bond donors (Lipinski definition) is 1. The highest BCUT2D eigenvalue weighted by Crippen LogP contribution is 2.42. The summed E-state index contributed by atoms with van der Waals surface area (Å²) in [6.45, 7) is 7.90. The zero-order valence-corrected chi connectivity index (χ0v) is 12.4. The van der Waals surface area contributed by atoms with E-state index in [0.29, 0.717) is 6.61 Å². The summed E-state index contributed by atoms with van der Waals surface area (Å²) < 4.78 is 12.4. The highest BCUT2D eigenvalue weighted by atomic mass is 16.5. The van der Waals surface area contributed by atoms with Crippen LogP contribution in [0, 0.1) is 5.92 Å². The van der Waals surface area contributed by atoms with E-state index in [1.807, 2.05) is 20.8 Å². The van der Waals surface area contributed by atoms with E-state index >= 15 is 0 Å². The molecule has 0 radical (unpaired) electrons. The predicted molar refractivity (Wildman–Crippen MR) is 73.7 cm³/mol. The molecule has 20 heavy (non-hydrogen) atoms. The molecule has 1 aromatic heterocycles. The van der Waals surface area contributed by atoms with E-state index in [9.17, 15) is 9.90 Å². The Morgan fingerprint density at radius 1 is 1.55 bits per heavy atom. The first-order chi connectivity index (χ1) is 9.41. The lowest BCUT2D eigenvalue weighted by atomic mass is 9.87. The van der Waals surface area contributed by atoms with Crippen molar-refractivity contribution in [3.63, 3.8) is 0 Å². The second-order valence-electron chi connectivity index (χ2n) is 5.34. The molecular formula is C14H22N2O4. The van der Waals surface area contributed by atoms with Gasteiger partial charge in [0, 0.05) is 18.2 Å². The van der Waals surface area contributed by atoms with Crippen LogP contribution in [0.2, 0.25) is 0 Å². The van der Waals surface area contributed by atoms with Gasteiger partial charge in [-0.15, -0.1) is 0 Å². The van der Waals surface area contributed by atoms with Gasteiger partial charge in [-0.3, -0.25) is 4.57 Å². The first-order valence-electron chi connectivity index (χ1n) is 7.01. The van der Waals surface area contributed by atoms with Crippen molar-refractivity contribution in [3.05, 3.63) is 22.7 Å². The average molecular weight is 282 g/mol. The van der Waals surface area contributed by atoms with Gasteiger partial charge in [-0.25, -0.2) is 4.79 Å². The van der Waals surface area contributed by atoms with E-state index in [-0.39, 0.29) is 17.9 Å². The van der Waals surface area contributed by atoms with Gasteiger partial charge in [0.25, 0.3) is 0 Å². The molecule has 0 saturated carbocycles. The molecule has 112 valence electrons. The Balaban J connectivity index is 2.34. The van der Waals surface area contributed by atoms with Gasteiger partial charge in [0.1, 0.15) is 5.60 Å². The predicted octanol–water partition coefficient (Wildman–Crippen LogP) is 1.34. The number of nitrogens with zero attached hydrogens (tertiary/aromatic N) is 2. The van der Waals surface area contributed by atoms with Crippen LogP contribution in [-0.2, 0) is 4.74 Å². The summed E-state index contributed by atoms with van der Waals surface area (Å²) >= 11 is 0. The molecule has 1 fully saturated rings. The first kappa shape index (κ1) is 15.0. The molecule has 1 aliphatic heterocycles. The zero-order chi connectivity index (χ0) is 14.9. The fourth-order valence-corrected chi connectivity index (χ4v) is 2.62. The normalized spacial score (nSPS) is 33.4. The maximum Gasteiger partial charge on any atom is 0.353 e. The van der Waals surface area contributed by atoms with E-state index in [2.05, 4.69) is 4.98 Å². The summed E-state index contributed by atoms with van der Waals surface area (Å²) in [6, 6.07) is 1.61. The largest absolute Gasteiger partial charge is 0.478 e. The highest BCUT2D eigenvalue weighted by Gasteiger charge is 2.50. The van der Waals surface area contributed by atoms with Crippen molar-refractivity contribution in [1.29, 1.82) is 0 Å². The molecular weight excluding hydrogens is 260 g/mol. The van der Waals surface area contributed by atoms with Crippen LogP contribution in [-0.4, -0.2) is 33.0 Å². The maximum absolute atomic E-state index is 12.1. The number of aliphatic hydroxyl groups is 1. The third kappa shape index (κ3) is 2.45. The van der Waals surface area contributed by atoms with Gasteiger partial charge in [0.05, 0.1) is 12.7 Å². The van der Waals surface area contributed by atoms with Crippen molar-refractivity contribution in [1.82, 2.24) is 9.55 Å². The third-order valence-electron chi connectivity index (χ3n) is 4.03. The number of hydrogen-bond acceptors (Lipinski definition) is 5. The number of aromatic nitrogens is 2. The molecule has 1 N–H and O–H groups in total. The van der Waals surface area contributed by atoms with Crippen molar-refractivity contribution in [3.8, 4) is 5.88 Å². The summed E-state index contributed by atoms with van der Waals surface area (Å²) in [6.07, 6.45) is 1.55. The number of rotatable bonds is 4. The molecule has 4 atom stereocenters. The molecule has 0 amide bonds. The van der Waals surface area contributed by atoms with Gasteiger partial charge >= 0.3 is 5.69 Å². The van der Waals surface area contributed by atoms with Gasteiger partial charge in [-0.1, -0.05) is 13.8 Å². The Kier molecular flexibility index (Phi) is 4.15. The van der Waals surface area contributed by atoms with Crippen LogP contribution in [0.15, 0.2) is 17.1 Å². The second-order valence-corrected chi connectivity index (χ2v) is 5.34. The van der Waals surface area contributed by atoms with Crippen molar-refractivity contribution in [2.24, 2.45) is 5.92 Å². The monoisotopic (exact) mass is 282 g/mol. The minimum atomic E-state index is -1.11. The molecule has 0 bridgehead atoms. The van der Waals surface area contributed by atoms with Gasteiger partial charge in [-0.2, -0.15) is 4.98 Å². The summed E-state index contributed by atoms with van der Waals surface area (Å²) in [7, 11) is 0. The van der Waals surface area contributed by atoms with E-state index in [4.69, 9.17) is 9.47 Å². The Labute approximate surface area is 118 Å². The molecule has 2 rings (SSSR count). The van der Waals surface area contributed by atoms with Crippen LogP contribution in [0.4, 0.5) is 0 Å². The molecule has 6 nitrogen and oxygen atoms in total. The zero-order valence-electron chi connectivity index (χ0n) is 12.4. The average Bonchev–Trinajstić information content (AvgIpc) is 2.62. The van der Waals surface area contributed by atoms with Crippen LogP contribution < -0.4 is 10.4 Å². The van der Waals surface area contributed by atoms with Crippen molar-refractivity contribution >= 4 is 0 Å². The lowest BCUT2D eigenvalue weighted by molar-refractivity contribution is -0.0876. The molecule has 0 spiro atoms. The van der Waals surface area contributed by atoms with Crippen LogP contribution >= 0.6 is 0 Å². The fourth-order valence-electron chi connectivity index (χ4n) is 2.62. The molecule has 6 heteroatoms. The van der Waals surface area contributed by atoms with Gasteiger partial charge in [0.2, 0.25) is 5.88 Å². The second kappa shape index (κ2) is 5.54. The van der Waals surface area contributed by atoms with Crippen LogP contribution in [0.5, 0.6) is 5.88 Å². The lowest BCUT2D eigenvalue weighted by Gasteiger charge is -2.28. The molecule has 1 saturated heterocycles. The van der Waals surface area contributed by atoms with Crippen molar-refractivity contribution in [2.75, 3.05) is 6.61 Å². The molecule has 0 aromatic carbocycles. The number of ether oxygens (including phenoxy) is 2. The summed E-state index contributed by atoms with van der Waals surface area (Å²) in [4.78, 5) is 15.9. The van der Waals surface area contributed by atoms with Crippen LogP contribution in [0.1, 0.15) is 40.3 Å². The molecule has 1 aromatic rings. The van der Waals surface area contributed by atoms with Crippen molar-refractivity contribution < 1.29 is 14.6 Å².